The number of amides is 2. The third-order valence-corrected chi connectivity index (χ3v) is 2.94. The van der Waals surface area contributed by atoms with Gasteiger partial charge in [0.25, 0.3) is 0 Å². The second-order valence-electron chi connectivity index (χ2n) is 4.06. The minimum absolute atomic E-state index is 0.0999. The van der Waals surface area contributed by atoms with Gasteiger partial charge in [-0.15, -0.1) is 0 Å². The second kappa shape index (κ2) is 5.38. The molecule has 92 valence electrons. The van der Waals surface area contributed by atoms with Crippen LogP contribution >= 0.6 is 11.6 Å². The number of hydrogen-bond acceptors (Lipinski definition) is 2. The molecule has 1 N–H and O–H groups in total. The summed E-state index contributed by atoms with van der Waals surface area (Å²) in [6.45, 7) is 3.76. The van der Waals surface area contributed by atoms with Gasteiger partial charge in [-0.1, -0.05) is 17.7 Å². The highest BCUT2D eigenvalue weighted by molar-refractivity contribution is 6.30. The van der Waals surface area contributed by atoms with Gasteiger partial charge in [0.05, 0.1) is 19.3 Å². The van der Waals surface area contributed by atoms with E-state index in [9.17, 15) is 4.79 Å². The lowest BCUT2D eigenvalue weighted by atomic mass is 10.2. The van der Waals surface area contributed by atoms with E-state index < -0.39 is 0 Å². The van der Waals surface area contributed by atoms with Crippen LogP contribution < -0.4 is 5.32 Å². The number of nitrogens with zero attached hydrogens (tertiary/aromatic N) is 1. The Morgan fingerprint density at radius 1 is 1.59 bits per heavy atom. The minimum atomic E-state index is -0.108. The van der Waals surface area contributed by atoms with E-state index in [0.29, 0.717) is 30.5 Å². The van der Waals surface area contributed by atoms with Gasteiger partial charge >= 0.3 is 6.03 Å². The summed E-state index contributed by atoms with van der Waals surface area (Å²) in [5.41, 5.74) is 0.709. The van der Waals surface area contributed by atoms with Gasteiger partial charge in [0.1, 0.15) is 0 Å². The highest BCUT2D eigenvalue weighted by Gasteiger charge is 2.23. The first-order chi connectivity index (χ1) is 8.16. The molecule has 1 atom stereocenters. The van der Waals surface area contributed by atoms with Crippen molar-refractivity contribution >= 4 is 23.3 Å². The van der Waals surface area contributed by atoms with Crippen molar-refractivity contribution in [2.75, 3.05) is 25.1 Å². The number of carbonyl (C=O) groups is 1. The van der Waals surface area contributed by atoms with Crippen molar-refractivity contribution in [3.8, 4) is 0 Å². The van der Waals surface area contributed by atoms with Crippen LogP contribution in [-0.2, 0) is 4.74 Å². The molecule has 1 unspecified atom stereocenters. The largest absolute Gasteiger partial charge is 0.377 e. The zero-order chi connectivity index (χ0) is 12.3. The Labute approximate surface area is 106 Å². The van der Waals surface area contributed by atoms with Crippen LogP contribution in [-0.4, -0.2) is 36.7 Å². The first-order valence-corrected chi connectivity index (χ1v) is 5.95. The molecule has 2 rings (SSSR count). The molecule has 1 aromatic rings. The van der Waals surface area contributed by atoms with Crippen molar-refractivity contribution in [2.24, 2.45) is 0 Å². The van der Waals surface area contributed by atoms with Crippen LogP contribution in [0.3, 0.4) is 0 Å². The van der Waals surface area contributed by atoms with Crippen molar-refractivity contribution < 1.29 is 9.53 Å². The minimum Gasteiger partial charge on any atom is -0.377 e. The average Bonchev–Trinajstić information content (AvgIpc) is 2.29. The van der Waals surface area contributed by atoms with Crippen LogP contribution in [0.4, 0.5) is 10.5 Å². The van der Waals surface area contributed by atoms with Crippen LogP contribution in [0.25, 0.3) is 0 Å². The number of carbonyl (C=O) groups excluding carboxylic acids is 1. The van der Waals surface area contributed by atoms with Gasteiger partial charge in [0, 0.05) is 17.3 Å². The molecule has 1 fully saturated rings. The summed E-state index contributed by atoms with van der Waals surface area (Å²) in [7, 11) is 0. The van der Waals surface area contributed by atoms with E-state index in [1.54, 1.807) is 23.1 Å². The average molecular weight is 255 g/mol. The second-order valence-corrected chi connectivity index (χ2v) is 4.49. The lowest BCUT2D eigenvalue weighted by Crippen LogP contribution is -2.48. The Balaban J connectivity index is 2.01. The van der Waals surface area contributed by atoms with Crippen molar-refractivity contribution in [3.05, 3.63) is 29.3 Å². The van der Waals surface area contributed by atoms with Crippen LogP contribution in [0.2, 0.25) is 5.02 Å². The third kappa shape index (κ3) is 3.11. The van der Waals surface area contributed by atoms with Gasteiger partial charge in [0.15, 0.2) is 0 Å². The highest BCUT2D eigenvalue weighted by Crippen LogP contribution is 2.16. The SMILES string of the molecule is CC1COCCN1C(=O)Nc1cccc(Cl)c1. The maximum absolute atomic E-state index is 12.0. The molecular weight excluding hydrogens is 240 g/mol. The number of nitrogens with one attached hydrogen (secondary N) is 1. The molecule has 5 heteroatoms. The lowest BCUT2D eigenvalue weighted by molar-refractivity contribution is 0.0222. The predicted octanol–water partition coefficient (Wildman–Crippen LogP) is 2.59. The molecule has 0 bridgehead atoms. The summed E-state index contributed by atoms with van der Waals surface area (Å²) in [6.07, 6.45) is 0. The molecule has 0 spiro atoms. The molecule has 0 aromatic heterocycles. The molecule has 0 aliphatic carbocycles. The zero-order valence-corrected chi connectivity index (χ0v) is 10.4. The maximum Gasteiger partial charge on any atom is 0.322 e. The lowest BCUT2D eigenvalue weighted by Gasteiger charge is -2.33. The molecule has 0 radical (unpaired) electrons. The molecule has 1 aromatic carbocycles. The van der Waals surface area contributed by atoms with Gasteiger partial charge in [-0.05, 0) is 25.1 Å². The Morgan fingerprint density at radius 3 is 3.12 bits per heavy atom. The van der Waals surface area contributed by atoms with Crippen LogP contribution in [0, 0.1) is 0 Å². The molecule has 17 heavy (non-hydrogen) atoms. The van der Waals surface area contributed by atoms with E-state index in [1.807, 2.05) is 13.0 Å². The number of halogens is 1. The van der Waals surface area contributed by atoms with E-state index >= 15 is 0 Å². The zero-order valence-electron chi connectivity index (χ0n) is 9.65. The smallest absolute Gasteiger partial charge is 0.322 e. The standard InChI is InChI=1S/C12H15ClN2O2/c1-9-8-17-6-5-15(9)12(16)14-11-4-2-3-10(13)7-11/h2-4,7,9H,5-6,8H2,1H3,(H,14,16). The Kier molecular flexibility index (Phi) is 3.86. The number of hydrogen-bond donors (Lipinski definition) is 1. The molecule has 1 heterocycles. The van der Waals surface area contributed by atoms with Gasteiger partial charge in [-0.2, -0.15) is 0 Å². The molecule has 0 saturated carbocycles. The number of ether oxygens (including phenoxy) is 1. The fourth-order valence-corrected chi connectivity index (χ4v) is 1.98. The summed E-state index contributed by atoms with van der Waals surface area (Å²) in [6, 6.07) is 7.11. The molecular formula is C12H15ClN2O2. The van der Waals surface area contributed by atoms with E-state index in [4.69, 9.17) is 16.3 Å². The summed E-state index contributed by atoms with van der Waals surface area (Å²) in [5.74, 6) is 0. The number of anilines is 1. The topological polar surface area (TPSA) is 41.6 Å². The monoisotopic (exact) mass is 254 g/mol. The normalized spacial score (nSPS) is 20.1. The first kappa shape index (κ1) is 12.2. The molecule has 1 aliphatic heterocycles. The fraction of sp³-hybridized carbons (Fsp3) is 0.417. The summed E-state index contributed by atoms with van der Waals surface area (Å²) in [5, 5.41) is 3.44. The fourth-order valence-electron chi connectivity index (χ4n) is 1.79. The van der Waals surface area contributed by atoms with Gasteiger partial charge in [-0.3, -0.25) is 0 Å². The van der Waals surface area contributed by atoms with Gasteiger partial charge < -0.3 is 15.0 Å². The number of urea groups is 1. The number of morpholine rings is 1. The summed E-state index contributed by atoms with van der Waals surface area (Å²) in [4.78, 5) is 13.8. The number of rotatable bonds is 1. The summed E-state index contributed by atoms with van der Waals surface area (Å²) >= 11 is 5.86. The van der Waals surface area contributed by atoms with Crippen molar-refractivity contribution in [2.45, 2.75) is 13.0 Å². The molecule has 1 aliphatic rings. The third-order valence-electron chi connectivity index (χ3n) is 2.70. The molecule has 4 nitrogen and oxygen atoms in total. The van der Waals surface area contributed by atoms with Crippen molar-refractivity contribution in [3.63, 3.8) is 0 Å². The van der Waals surface area contributed by atoms with Crippen LogP contribution in [0.5, 0.6) is 0 Å². The Morgan fingerprint density at radius 2 is 2.41 bits per heavy atom. The molecule has 2 amide bonds. The van der Waals surface area contributed by atoms with Gasteiger partial charge in [-0.25, -0.2) is 4.79 Å². The van der Waals surface area contributed by atoms with Crippen LogP contribution in [0.1, 0.15) is 6.92 Å². The molecule has 1 saturated heterocycles. The maximum atomic E-state index is 12.0. The van der Waals surface area contributed by atoms with E-state index in [0.717, 1.165) is 0 Å². The highest BCUT2D eigenvalue weighted by atomic mass is 35.5. The predicted molar refractivity (Wildman–Crippen MR) is 67.5 cm³/mol. The number of benzene rings is 1. The quantitative estimate of drug-likeness (QED) is 0.837. The van der Waals surface area contributed by atoms with Crippen molar-refractivity contribution in [1.82, 2.24) is 4.90 Å². The first-order valence-electron chi connectivity index (χ1n) is 5.58. The summed E-state index contributed by atoms with van der Waals surface area (Å²) < 4.78 is 5.29. The van der Waals surface area contributed by atoms with Crippen molar-refractivity contribution in [1.29, 1.82) is 0 Å². The Hall–Kier alpha value is -1.26. The van der Waals surface area contributed by atoms with E-state index in [2.05, 4.69) is 5.32 Å². The van der Waals surface area contributed by atoms with Gasteiger partial charge in [0.2, 0.25) is 0 Å². The van der Waals surface area contributed by atoms with Crippen LogP contribution in [0.15, 0.2) is 24.3 Å². The van der Waals surface area contributed by atoms with E-state index in [-0.39, 0.29) is 12.1 Å². The van der Waals surface area contributed by atoms with E-state index in [1.165, 1.54) is 0 Å². The Bertz CT molecular complexity index is 411.